The number of hydrogen-bond donors (Lipinski definition) is 2. The maximum absolute atomic E-state index is 11.0. The lowest BCUT2D eigenvalue weighted by atomic mass is 10.3. The molecule has 0 aromatic rings. The summed E-state index contributed by atoms with van der Waals surface area (Å²) in [6, 6.07) is 0. The second-order valence-corrected chi connectivity index (χ2v) is 3.45. The second-order valence-electron chi connectivity index (χ2n) is 3.45. The predicted octanol–water partition coefficient (Wildman–Crippen LogP) is -0.387. The molecular formula is C10H18O6. The molecule has 3 atom stereocenters. The molecule has 0 amide bonds. The molecule has 0 saturated carbocycles. The molecule has 6 nitrogen and oxygen atoms in total. The van der Waals surface area contributed by atoms with Crippen LogP contribution in [0, 0.1) is 0 Å². The van der Waals surface area contributed by atoms with Crippen molar-refractivity contribution in [3.8, 4) is 0 Å². The fraction of sp³-hybridized carbons (Fsp3) is 0.800. The minimum atomic E-state index is -1.21. The van der Waals surface area contributed by atoms with Gasteiger partial charge in [0.2, 0.25) is 0 Å². The van der Waals surface area contributed by atoms with Crippen molar-refractivity contribution >= 4 is 11.9 Å². The van der Waals surface area contributed by atoms with Crippen molar-refractivity contribution in [2.45, 2.75) is 45.5 Å². The minimum Gasteiger partial charge on any atom is -0.460 e. The third-order valence-corrected chi connectivity index (χ3v) is 1.83. The molecule has 2 N–H and O–H groups in total. The number of aliphatic hydroxyl groups is 2. The first kappa shape index (κ1) is 14.9. The van der Waals surface area contributed by atoms with E-state index in [1.807, 2.05) is 0 Å². The normalized spacial score (nSPS) is 16.1. The minimum absolute atomic E-state index is 0.126. The van der Waals surface area contributed by atoms with Gasteiger partial charge in [0.05, 0.1) is 0 Å². The highest BCUT2D eigenvalue weighted by atomic mass is 16.6. The Morgan fingerprint density at radius 1 is 1.12 bits per heavy atom. The van der Waals surface area contributed by atoms with Crippen molar-refractivity contribution < 1.29 is 29.3 Å². The molecule has 0 rings (SSSR count). The van der Waals surface area contributed by atoms with Gasteiger partial charge < -0.3 is 19.7 Å². The van der Waals surface area contributed by atoms with Gasteiger partial charge in [-0.25, -0.2) is 9.59 Å². The maximum atomic E-state index is 11.0. The zero-order valence-corrected chi connectivity index (χ0v) is 9.67. The number of ether oxygens (including phenoxy) is 2. The Hall–Kier alpha value is -1.14. The number of carbonyl (C=O) groups is 2. The maximum Gasteiger partial charge on any atom is 0.335 e. The average molecular weight is 234 g/mol. The van der Waals surface area contributed by atoms with Crippen molar-refractivity contribution in [1.29, 1.82) is 0 Å². The quantitative estimate of drug-likeness (QED) is 0.608. The second kappa shape index (κ2) is 7.19. The van der Waals surface area contributed by atoms with Crippen LogP contribution in [0.3, 0.4) is 0 Å². The molecule has 6 heteroatoms. The zero-order chi connectivity index (χ0) is 12.7. The van der Waals surface area contributed by atoms with Gasteiger partial charge in [-0.2, -0.15) is 0 Å². The van der Waals surface area contributed by atoms with Crippen LogP contribution in [-0.4, -0.2) is 47.1 Å². The first-order valence-corrected chi connectivity index (χ1v) is 5.11. The molecule has 0 aliphatic carbocycles. The summed E-state index contributed by atoms with van der Waals surface area (Å²) in [5.74, 6) is -1.54. The van der Waals surface area contributed by atoms with Crippen molar-refractivity contribution in [3.63, 3.8) is 0 Å². The Morgan fingerprint density at radius 2 is 1.62 bits per heavy atom. The Bertz CT molecular complexity index is 235. The first-order valence-electron chi connectivity index (χ1n) is 5.11. The third-order valence-electron chi connectivity index (χ3n) is 1.83. The van der Waals surface area contributed by atoms with Crippen LogP contribution >= 0.6 is 0 Å². The predicted molar refractivity (Wildman–Crippen MR) is 54.5 cm³/mol. The van der Waals surface area contributed by atoms with E-state index in [1.54, 1.807) is 6.92 Å². The first-order chi connectivity index (χ1) is 7.38. The van der Waals surface area contributed by atoms with Crippen LogP contribution < -0.4 is 0 Å². The molecule has 0 aromatic heterocycles. The molecule has 0 aliphatic heterocycles. The standard InChI is InChI=1S/C10H18O6/c1-4-8(16-10(14)7(3)12)5-15-9(13)6(2)11/h6-8,11-12H,4-5H2,1-3H3. The van der Waals surface area contributed by atoms with Gasteiger partial charge in [-0.15, -0.1) is 0 Å². The highest BCUT2D eigenvalue weighted by molar-refractivity contribution is 5.74. The summed E-state index contributed by atoms with van der Waals surface area (Å²) in [5, 5.41) is 17.8. The van der Waals surface area contributed by atoms with Gasteiger partial charge in [0.15, 0.2) is 0 Å². The fourth-order valence-electron chi connectivity index (χ4n) is 0.794. The SMILES string of the molecule is CCC(COC(=O)C(C)O)OC(=O)C(C)O. The summed E-state index contributed by atoms with van der Waals surface area (Å²) in [4.78, 5) is 21.9. The van der Waals surface area contributed by atoms with Crippen LogP contribution in [0.15, 0.2) is 0 Å². The lowest BCUT2D eigenvalue weighted by Crippen LogP contribution is -2.31. The van der Waals surface area contributed by atoms with Gasteiger partial charge in [0.25, 0.3) is 0 Å². The summed E-state index contributed by atoms with van der Waals surface area (Å²) in [6.07, 6.45) is -2.57. The molecule has 0 fully saturated rings. The smallest absolute Gasteiger partial charge is 0.335 e. The van der Waals surface area contributed by atoms with E-state index in [0.717, 1.165) is 0 Å². The van der Waals surface area contributed by atoms with E-state index in [-0.39, 0.29) is 6.61 Å². The van der Waals surface area contributed by atoms with Crippen molar-refractivity contribution in [2.75, 3.05) is 6.61 Å². The third kappa shape index (κ3) is 5.67. The average Bonchev–Trinajstić information content (AvgIpc) is 2.22. The number of aliphatic hydroxyl groups excluding tert-OH is 2. The van der Waals surface area contributed by atoms with E-state index >= 15 is 0 Å². The Balaban J connectivity index is 4.02. The zero-order valence-electron chi connectivity index (χ0n) is 9.67. The Morgan fingerprint density at radius 3 is 2.00 bits per heavy atom. The molecule has 0 saturated heterocycles. The topological polar surface area (TPSA) is 93.1 Å². The summed E-state index contributed by atoms with van der Waals surface area (Å²) in [6.45, 7) is 4.19. The number of esters is 2. The molecule has 3 unspecified atom stereocenters. The van der Waals surface area contributed by atoms with Crippen LogP contribution in [0.2, 0.25) is 0 Å². The number of carbonyl (C=O) groups excluding carboxylic acids is 2. The molecule has 0 aromatic carbocycles. The van der Waals surface area contributed by atoms with E-state index in [1.165, 1.54) is 13.8 Å². The Labute approximate surface area is 94.2 Å². The van der Waals surface area contributed by atoms with Gasteiger partial charge in [0, 0.05) is 0 Å². The van der Waals surface area contributed by atoms with Gasteiger partial charge in [-0.1, -0.05) is 6.92 Å². The molecule has 0 spiro atoms. The van der Waals surface area contributed by atoms with Crippen molar-refractivity contribution in [2.24, 2.45) is 0 Å². The summed E-state index contributed by atoms with van der Waals surface area (Å²) >= 11 is 0. The van der Waals surface area contributed by atoms with E-state index in [0.29, 0.717) is 6.42 Å². The van der Waals surface area contributed by atoms with E-state index in [4.69, 9.17) is 14.9 Å². The van der Waals surface area contributed by atoms with Gasteiger partial charge >= 0.3 is 11.9 Å². The summed E-state index contributed by atoms with van der Waals surface area (Å²) in [7, 11) is 0. The van der Waals surface area contributed by atoms with Crippen LogP contribution in [0.4, 0.5) is 0 Å². The molecule has 94 valence electrons. The van der Waals surface area contributed by atoms with E-state index in [9.17, 15) is 9.59 Å². The summed E-state index contributed by atoms with van der Waals surface area (Å²) in [5.41, 5.74) is 0. The van der Waals surface area contributed by atoms with Crippen LogP contribution in [-0.2, 0) is 19.1 Å². The molecule has 0 heterocycles. The Kier molecular flexibility index (Phi) is 6.67. The van der Waals surface area contributed by atoms with E-state index < -0.39 is 30.3 Å². The van der Waals surface area contributed by atoms with E-state index in [2.05, 4.69) is 4.74 Å². The lowest BCUT2D eigenvalue weighted by molar-refractivity contribution is -0.168. The number of hydrogen-bond acceptors (Lipinski definition) is 6. The highest BCUT2D eigenvalue weighted by Gasteiger charge is 2.19. The van der Waals surface area contributed by atoms with Crippen LogP contribution in [0.5, 0.6) is 0 Å². The van der Waals surface area contributed by atoms with Crippen LogP contribution in [0.25, 0.3) is 0 Å². The molecule has 0 aliphatic rings. The molecular weight excluding hydrogens is 216 g/mol. The number of rotatable bonds is 6. The largest absolute Gasteiger partial charge is 0.460 e. The fourth-order valence-corrected chi connectivity index (χ4v) is 0.794. The van der Waals surface area contributed by atoms with Crippen molar-refractivity contribution in [3.05, 3.63) is 0 Å². The highest BCUT2D eigenvalue weighted by Crippen LogP contribution is 2.02. The van der Waals surface area contributed by atoms with Gasteiger partial charge in [0.1, 0.15) is 24.9 Å². The summed E-state index contributed by atoms with van der Waals surface area (Å²) < 4.78 is 9.53. The van der Waals surface area contributed by atoms with Gasteiger partial charge in [-0.3, -0.25) is 0 Å². The molecule has 0 radical (unpaired) electrons. The monoisotopic (exact) mass is 234 g/mol. The van der Waals surface area contributed by atoms with Crippen LogP contribution in [0.1, 0.15) is 27.2 Å². The van der Waals surface area contributed by atoms with Gasteiger partial charge in [-0.05, 0) is 20.3 Å². The molecule has 16 heavy (non-hydrogen) atoms. The van der Waals surface area contributed by atoms with Crippen molar-refractivity contribution in [1.82, 2.24) is 0 Å². The molecule has 0 bridgehead atoms. The lowest BCUT2D eigenvalue weighted by Gasteiger charge is -2.17.